The van der Waals surface area contributed by atoms with Crippen molar-refractivity contribution in [3.05, 3.63) is 74.9 Å². The van der Waals surface area contributed by atoms with E-state index in [9.17, 15) is 14.4 Å². The number of benzene rings is 1. The van der Waals surface area contributed by atoms with Gasteiger partial charge in [0.2, 0.25) is 5.91 Å². The van der Waals surface area contributed by atoms with Gasteiger partial charge < -0.3 is 15.0 Å². The van der Waals surface area contributed by atoms with Crippen LogP contribution in [0.3, 0.4) is 0 Å². The Bertz CT molecular complexity index is 1130. The van der Waals surface area contributed by atoms with Crippen LogP contribution in [0.1, 0.15) is 21.6 Å². The van der Waals surface area contributed by atoms with E-state index in [4.69, 9.17) is 11.6 Å². The molecule has 0 unspecified atom stereocenters. The average Bonchev–Trinajstić information content (AvgIpc) is 2.72. The van der Waals surface area contributed by atoms with Crippen LogP contribution in [0.15, 0.2) is 47.5 Å². The number of halogens is 1. The summed E-state index contributed by atoms with van der Waals surface area (Å²) in [7, 11) is 1.24. The first-order valence-corrected chi connectivity index (χ1v) is 8.94. The van der Waals surface area contributed by atoms with E-state index in [1.54, 1.807) is 37.5 Å². The van der Waals surface area contributed by atoms with Crippen molar-refractivity contribution in [1.82, 2.24) is 15.0 Å². The topological polar surface area (TPSA) is 114 Å². The highest BCUT2D eigenvalue weighted by Crippen LogP contribution is 2.21. The second-order valence-electron chi connectivity index (χ2n) is 6.13. The molecule has 0 radical (unpaired) electrons. The van der Waals surface area contributed by atoms with Crippen LogP contribution in [0.2, 0.25) is 5.02 Å². The Labute approximate surface area is 170 Å². The van der Waals surface area contributed by atoms with Gasteiger partial charge in [0.1, 0.15) is 5.82 Å². The van der Waals surface area contributed by atoms with Crippen LogP contribution >= 0.6 is 11.6 Å². The summed E-state index contributed by atoms with van der Waals surface area (Å²) in [4.78, 5) is 47.7. The number of ether oxygens (including phenoxy) is 1. The second-order valence-corrected chi connectivity index (χ2v) is 6.54. The molecule has 29 heavy (non-hydrogen) atoms. The molecule has 0 saturated carbocycles. The van der Waals surface area contributed by atoms with E-state index >= 15 is 0 Å². The van der Waals surface area contributed by atoms with Crippen LogP contribution < -0.4 is 10.9 Å². The van der Waals surface area contributed by atoms with Gasteiger partial charge in [0.25, 0.3) is 5.56 Å². The van der Waals surface area contributed by atoms with Gasteiger partial charge in [0.05, 0.1) is 24.1 Å². The van der Waals surface area contributed by atoms with E-state index in [-0.39, 0.29) is 22.6 Å². The maximum absolute atomic E-state index is 12.5. The van der Waals surface area contributed by atoms with Gasteiger partial charge in [0, 0.05) is 34.9 Å². The van der Waals surface area contributed by atoms with Crippen molar-refractivity contribution in [1.29, 1.82) is 0 Å². The number of rotatable bonds is 5. The average molecular weight is 413 g/mol. The molecule has 1 aromatic carbocycles. The summed E-state index contributed by atoms with van der Waals surface area (Å²) >= 11 is 5.97. The van der Waals surface area contributed by atoms with E-state index in [1.165, 1.54) is 19.2 Å². The molecule has 0 saturated heterocycles. The molecule has 0 aliphatic heterocycles. The number of hydrogen-bond donors (Lipinski definition) is 2. The molecule has 3 aromatic rings. The highest BCUT2D eigenvalue weighted by molar-refractivity contribution is 6.33. The molecule has 0 bridgehead atoms. The summed E-state index contributed by atoms with van der Waals surface area (Å²) in [5.74, 6) is -0.675. The molecule has 0 atom stereocenters. The molecule has 2 aromatic heterocycles. The Balaban J connectivity index is 1.79. The van der Waals surface area contributed by atoms with Gasteiger partial charge >= 0.3 is 5.97 Å². The maximum atomic E-state index is 12.5. The number of hydrogen-bond acceptors (Lipinski definition) is 6. The lowest BCUT2D eigenvalue weighted by atomic mass is 10.1. The zero-order valence-corrected chi connectivity index (χ0v) is 16.4. The molecule has 2 heterocycles. The van der Waals surface area contributed by atoms with Gasteiger partial charge in [-0.2, -0.15) is 0 Å². The van der Waals surface area contributed by atoms with Gasteiger partial charge in [-0.1, -0.05) is 11.6 Å². The molecule has 2 N–H and O–H groups in total. The predicted molar refractivity (Wildman–Crippen MR) is 108 cm³/mol. The Morgan fingerprint density at radius 3 is 2.72 bits per heavy atom. The zero-order chi connectivity index (χ0) is 21.0. The molecule has 0 fully saturated rings. The predicted octanol–water partition coefficient (Wildman–Crippen LogP) is 2.76. The minimum atomic E-state index is -0.617. The lowest BCUT2D eigenvalue weighted by Crippen LogP contribution is -2.24. The van der Waals surface area contributed by atoms with E-state index in [2.05, 4.69) is 25.0 Å². The molecule has 8 nitrogen and oxygen atoms in total. The number of anilines is 1. The molecule has 148 valence electrons. The number of pyridine rings is 1. The molecular weight excluding hydrogens is 396 g/mol. The van der Waals surface area contributed by atoms with Gasteiger partial charge in [0.15, 0.2) is 0 Å². The first kappa shape index (κ1) is 20.2. The first-order chi connectivity index (χ1) is 13.9. The number of methoxy groups -OCH3 is 1. The van der Waals surface area contributed by atoms with Crippen molar-refractivity contribution in [2.24, 2.45) is 0 Å². The van der Waals surface area contributed by atoms with Crippen molar-refractivity contribution in [2.75, 3.05) is 12.4 Å². The number of aromatic nitrogens is 3. The zero-order valence-electron chi connectivity index (χ0n) is 15.7. The fourth-order valence-corrected chi connectivity index (χ4v) is 2.89. The quantitative estimate of drug-likeness (QED) is 0.623. The maximum Gasteiger partial charge on any atom is 0.339 e. The number of esters is 1. The van der Waals surface area contributed by atoms with Gasteiger partial charge in [-0.05, 0) is 37.3 Å². The van der Waals surface area contributed by atoms with Crippen molar-refractivity contribution in [3.63, 3.8) is 0 Å². The number of nitrogens with zero attached hydrogens (tertiary/aromatic N) is 2. The lowest BCUT2D eigenvalue weighted by Gasteiger charge is -2.10. The Morgan fingerprint density at radius 1 is 1.28 bits per heavy atom. The fraction of sp³-hybridized carbons (Fsp3) is 0.150. The van der Waals surface area contributed by atoms with Crippen molar-refractivity contribution in [2.45, 2.75) is 13.3 Å². The SMILES string of the molecule is COC(=O)c1cc(NC(=O)Cc2c(C)nc(-c3cccnc3)[nH]c2=O)ccc1Cl. The van der Waals surface area contributed by atoms with Gasteiger partial charge in [-0.15, -0.1) is 0 Å². The number of H-pyrrole nitrogens is 1. The molecule has 1 amide bonds. The lowest BCUT2D eigenvalue weighted by molar-refractivity contribution is -0.115. The third kappa shape index (κ3) is 4.67. The van der Waals surface area contributed by atoms with Crippen molar-refractivity contribution >= 4 is 29.2 Å². The number of amides is 1. The number of nitrogens with one attached hydrogen (secondary N) is 2. The standard InChI is InChI=1S/C20H17ClN4O4/c1-11-14(19(27)25-18(23-11)12-4-3-7-22-10-12)9-17(26)24-13-5-6-16(21)15(8-13)20(28)29-2/h3-8,10H,9H2,1-2H3,(H,24,26)(H,23,25,27). The molecule has 3 rings (SSSR count). The van der Waals surface area contributed by atoms with E-state index < -0.39 is 17.4 Å². The van der Waals surface area contributed by atoms with Crippen LogP contribution in [0.25, 0.3) is 11.4 Å². The fourth-order valence-electron chi connectivity index (χ4n) is 2.69. The number of carbonyl (C=O) groups excluding carboxylic acids is 2. The number of aromatic amines is 1. The van der Waals surface area contributed by atoms with E-state index in [0.717, 1.165) is 0 Å². The Morgan fingerprint density at radius 2 is 2.07 bits per heavy atom. The number of carbonyl (C=O) groups is 2. The highest BCUT2D eigenvalue weighted by Gasteiger charge is 2.16. The highest BCUT2D eigenvalue weighted by atomic mass is 35.5. The largest absolute Gasteiger partial charge is 0.465 e. The van der Waals surface area contributed by atoms with Crippen molar-refractivity contribution in [3.8, 4) is 11.4 Å². The first-order valence-electron chi connectivity index (χ1n) is 8.57. The molecular formula is C20H17ClN4O4. The number of aryl methyl sites for hydroxylation is 1. The van der Waals surface area contributed by atoms with E-state index in [1.807, 2.05) is 0 Å². The Hall–Kier alpha value is -3.52. The molecule has 0 spiro atoms. The summed E-state index contributed by atoms with van der Waals surface area (Å²) in [6.45, 7) is 1.66. The summed E-state index contributed by atoms with van der Waals surface area (Å²) in [6.07, 6.45) is 3.02. The van der Waals surface area contributed by atoms with E-state index in [0.29, 0.717) is 22.8 Å². The molecule has 0 aliphatic carbocycles. The van der Waals surface area contributed by atoms with Crippen LogP contribution in [0.5, 0.6) is 0 Å². The van der Waals surface area contributed by atoms with Crippen LogP contribution in [-0.2, 0) is 16.0 Å². The Kier molecular flexibility index (Phi) is 6.04. The summed E-state index contributed by atoms with van der Waals surface area (Å²) in [5.41, 5.74) is 1.43. The molecule has 9 heteroatoms. The summed E-state index contributed by atoms with van der Waals surface area (Å²) in [6, 6.07) is 7.95. The van der Waals surface area contributed by atoms with Crippen molar-refractivity contribution < 1.29 is 14.3 Å². The minimum absolute atomic E-state index is 0.128. The third-order valence-corrected chi connectivity index (χ3v) is 4.48. The summed E-state index contributed by atoms with van der Waals surface area (Å²) in [5, 5.41) is 2.85. The molecule has 0 aliphatic rings. The van der Waals surface area contributed by atoms with Crippen LogP contribution in [-0.4, -0.2) is 33.9 Å². The van der Waals surface area contributed by atoms with Crippen LogP contribution in [0, 0.1) is 6.92 Å². The summed E-state index contributed by atoms with van der Waals surface area (Å²) < 4.78 is 4.66. The smallest absolute Gasteiger partial charge is 0.339 e. The second kappa shape index (κ2) is 8.66. The van der Waals surface area contributed by atoms with Gasteiger partial charge in [-0.3, -0.25) is 14.6 Å². The van der Waals surface area contributed by atoms with Crippen LogP contribution in [0.4, 0.5) is 5.69 Å². The third-order valence-electron chi connectivity index (χ3n) is 4.15. The monoisotopic (exact) mass is 412 g/mol. The normalized spacial score (nSPS) is 10.4. The minimum Gasteiger partial charge on any atom is -0.465 e. The van der Waals surface area contributed by atoms with Gasteiger partial charge in [-0.25, -0.2) is 9.78 Å².